The predicted octanol–water partition coefficient (Wildman–Crippen LogP) is 1.61. The van der Waals surface area contributed by atoms with Gasteiger partial charge in [-0.25, -0.2) is 0 Å². The molecule has 1 aliphatic carbocycles. The highest BCUT2D eigenvalue weighted by Gasteiger charge is 2.33. The molecule has 2 N–H and O–H groups in total. The molecular weight excluding hydrogens is 246 g/mol. The third-order valence-electron chi connectivity index (χ3n) is 3.34. The van der Waals surface area contributed by atoms with Gasteiger partial charge in [-0.2, -0.15) is 0 Å². The van der Waals surface area contributed by atoms with Gasteiger partial charge in [0.25, 0.3) is 0 Å². The van der Waals surface area contributed by atoms with Crippen LogP contribution in [0.15, 0.2) is 35.0 Å². The normalized spacial score (nSPS) is 22.1. The number of aliphatic carboxylic acids is 1. The molecule has 0 aliphatic heterocycles. The van der Waals surface area contributed by atoms with E-state index >= 15 is 0 Å². The Kier molecular flexibility index (Phi) is 4.39. The van der Waals surface area contributed by atoms with Crippen LogP contribution in [0.1, 0.15) is 18.6 Å². The number of carboxylic acid groups (broad SMARTS) is 1. The fourth-order valence-corrected chi connectivity index (χ4v) is 2.27. The Balaban J connectivity index is 1.84. The van der Waals surface area contributed by atoms with Crippen LogP contribution in [-0.2, 0) is 16.0 Å². The van der Waals surface area contributed by atoms with Crippen LogP contribution in [-0.4, -0.2) is 23.5 Å². The summed E-state index contributed by atoms with van der Waals surface area (Å²) < 4.78 is 5.16. The standard InChI is InChI=1S/C14H17NO4/c16-13(15-8-7-10-4-3-9-19-10)11-5-1-2-6-12(11)14(17)18/h1-4,9,11-12H,5-8H2,(H,15,16)(H,17,18). The highest BCUT2D eigenvalue weighted by molar-refractivity contribution is 5.85. The van der Waals surface area contributed by atoms with E-state index in [1.165, 1.54) is 0 Å². The van der Waals surface area contributed by atoms with Gasteiger partial charge < -0.3 is 14.8 Å². The van der Waals surface area contributed by atoms with E-state index in [0.717, 1.165) is 5.76 Å². The molecule has 0 spiro atoms. The van der Waals surface area contributed by atoms with Crippen LogP contribution >= 0.6 is 0 Å². The molecule has 5 nitrogen and oxygen atoms in total. The SMILES string of the molecule is O=C(O)C1CC=CCC1C(=O)NCCc1ccco1. The van der Waals surface area contributed by atoms with Crippen LogP contribution in [0, 0.1) is 11.8 Å². The van der Waals surface area contributed by atoms with E-state index in [-0.39, 0.29) is 5.91 Å². The van der Waals surface area contributed by atoms with Crippen LogP contribution < -0.4 is 5.32 Å². The monoisotopic (exact) mass is 263 g/mol. The highest BCUT2D eigenvalue weighted by atomic mass is 16.4. The number of allylic oxidation sites excluding steroid dienone is 2. The van der Waals surface area contributed by atoms with E-state index in [2.05, 4.69) is 5.32 Å². The highest BCUT2D eigenvalue weighted by Crippen LogP contribution is 2.25. The molecule has 0 saturated heterocycles. The molecule has 1 amide bonds. The number of carbonyl (C=O) groups excluding carboxylic acids is 1. The van der Waals surface area contributed by atoms with Crippen molar-refractivity contribution in [3.63, 3.8) is 0 Å². The number of furan rings is 1. The maximum atomic E-state index is 12.0. The van der Waals surface area contributed by atoms with Crippen LogP contribution in [0.4, 0.5) is 0 Å². The molecule has 102 valence electrons. The minimum atomic E-state index is -0.907. The van der Waals surface area contributed by atoms with Crippen molar-refractivity contribution >= 4 is 11.9 Å². The molecule has 1 heterocycles. The summed E-state index contributed by atoms with van der Waals surface area (Å²) >= 11 is 0. The molecule has 2 unspecified atom stereocenters. The van der Waals surface area contributed by atoms with Gasteiger partial charge in [-0.05, 0) is 25.0 Å². The van der Waals surface area contributed by atoms with Crippen molar-refractivity contribution in [2.45, 2.75) is 19.3 Å². The maximum Gasteiger partial charge on any atom is 0.307 e. The Hall–Kier alpha value is -2.04. The summed E-state index contributed by atoms with van der Waals surface area (Å²) in [5, 5.41) is 11.9. The molecule has 0 bridgehead atoms. The molecule has 5 heteroatoms. The van der Waals surface area contributed by atoms with E-state index in [4.69, 9.17) is 9.52 Å². The lowest BCUT2D eigenvalue weighted by molar-refractivity contribution is -0.147. The zero-order valence-electron chi connectivity index (χ0n) is 10.5. The molecule has 2 atom stereocenters. The molecule has 2 rings (SSSR count). The zero-order chi connectivity index (χ0) is 13.7. The van der Waals surface area contributed by atoms with E-state index in [1.807, 2.05) is 18.2 Å². The first-order valence-corrected chi connectivity index (χ1v) is 6.36. The molecule has 0 aromatic carbocycles. The molecule has 19 heavy (non-hydrogen) atoms. The lowest BCUT2D eigenvalue weighted by Crippen LogP contribution is -2.39. The number of carboxylic acids is 1. The zero-order valence-corrected chi connectivity index (χ0v) is 10.5. The number of rotatable bonds is 5. The van der Waals surface area contributed by atoms with Gasteiger partial charge in [-0.1, -0.05) is 12.2 Å². The van der Waals surface area contributed by atoms with Gasteiger partial charge in [0.2, 0.25) is 5.91 Å². The fourth-order valence-electron chi connectivity index (χ4n) is 2.27. The molecule has 0 fully saturated rings. The largest absolute Gasteiger partial charge is 0.481 e. The third-order valence-corrected chi connectivity index (χ3v) is 3.34. The Morgan fingerprint density at radius 3 is 2.68 bits per heavy atom. The molecule has 1 aliphatic rings. The first kappa shape index (κ1) is 13.4. The van der Waals surface area contributed by atoms with Crippen molar-refractivity contribution in [3.8, 4) is 0 Å². The van der Waals surface area contributed by atoms with Gasteiger partial charge in [0.15, 0.2) is 0 Å². The second-order valence-electron chi connectivity index (χ2n) is 4.61. The third kappa shape index (κ3) is 3.47. The fraction of sp³-hybridized carbons (Fsp3) is 0.429. The van der Waals surface area contributed by atoms with Crippen molar-refractivity contribution < 1.29 is 19.1 Å². The number of hydrogen-bond donors (Lipinski definition) is 2. The first-order chi connectivity index (χ1) is 9.18. The summed E-state index contributed by atoms with van der Waals surface area (Å²) in [5.74, 6) is -1.38. The van der Waals surface area contributed by atoms with Crippen molar-refractivity contribution in [2.75, 3.05) is 6.54 Å². The summed E-state index contributed by atoms with van der Waals surface area (Å²) in [6.45, 7) is 0.457. The maximum absolute atomic E-state index is 12.0. The van der Waals surface area contributed by atoms with Crippen molar-refractivity contribution in [2.24, 2.45) is 11.8 Å². The number of nitrogens with one attached hydrogen (secondary N) is 1. The number of carbonyl (C=O) groups is 2. The quantitative estimate of drug-likeness (QED) is 0.791. The topological polar surface area (TPSA) is 79.5 Å². The first-order valence-electron chi connectivity index (χ1n) is 6.36. The van der Waals surface area contributed by atoms with E-state index in [0.29, 0.717) is 25.8 Å². The second-order valence-corrected chi connectivity index (χ2v) is 4.61. The summed E-state index contributed by atoms with van der Waals surface area (Å²) in [4.78, 5) is 23.1. The van der Waals surface area contributed by atoms with E-state index < -0.39 is 17.8 Å². The van der Waals surface area contributed by atoms with Crippen LogP contribution in [0.25, 0.3) is 0 Å². The Bertz CT molecular complexity index is 464. The second kappa shape index (κ2) is 6.22. The van der Waals surface area contributed by atoms with Crippen molar-refractivity contribution in [1.82, 2.24) is 5.32 Å². The lowest BCUT2D eigenvalue weighted by atomic mass is 9.82. The smallest absolute Gasteiger partial charge is 0.307 e. The number of amides is 1. The van der Waals surface area contributed by atoms with Crippen molar-refractivity contribution in [1.29, 1.82) is 0 Å². The lowest BCUT2D eigenvalue weighted by Gasteiger charge is -2.24. The van der Waals surface area contributed by atoms with Crippen LogP contribution in [0.3, 0.4) is 0 Å². The van der Waals surface area contributed by atoms with Gasteiger partial charge in [0.1, 0.15) is 5.76 Å². The predicted molar refractivity (Wildman–Crippen MR) is 68.4 cm³/mol. The van der Waals surface area contributed by atoms with Gasteiger partial charge in [-0.3, -0.25) is 9.59 Å². The average molecular weight is 263 g/mol. The number of hydrogen-bond acceptors (Lipinski definition) is 3. The van der Waals surface area contributed by atoms with Crippen LogP contribution in [0.2, 0.25) is 0 Å². The molecule has 1 aromatic rings. The molecular formula is C14H17NO4. The van der Waals surface area contributed by atoms with E-state index in [1.54, 1.807) is 12.3 Å². The van der Waals surface area contributed by atoms with Gasteiger partial charge in [-0.15, -0.1) is 0 Å². The Labute approximate surface area is 111 Å². The van der Waals surface area contributed by atoms with Gasteiger partial charge in [0, 0.05) is 13.0 Å². The van der Waals surface area contributed by atoms with Gasteiger partial charge >= 0.3 is 5.97 Å². The molecule has 0 radical (unpaired) electrons. The summed E-state index contributed by atoms with van der Waals surface area (Å²) in [5.41, 5.74) is 0. The van der Waals surface area contributed by atoms with E-state index in [9.17, 15) is 9.59 Å². The average Bonchev–Trinajstić information content (AvgIpc) is 2.91. The summed E-state index contributed by atoms with van der Waals surface area (Å²) in [6.07, 6.45) is 6.80. The van der Waals surface area contributed by atoms with Crippen LogP contribution in [0.5, 0.6) is 0 Å². The minimum Gasteiger partial charge on any atom is -0.481 e. The Morgan fingerprint density at radius 2 is 2.05 bits per heavy atom. The van der Waals surface area contributed by atoms with Gasteiger partial charge in [0.05, 0.1) is 18.1 Å². The minimum absolute atomic E-state index is 0.191. The summed E-state index contributed by atoms with van der Waals surface area (Å²) in [6, 6.07) is 3.64. The molecule has 0 saturated carbocycles. The van der Waals surface area contributed by atoms with Crippen molar-refractivity contribution in [3.05, 3.63) is 36.3 Å². The molecule has 1 aromatic heterocycles. The summed E-state index contributed by atoms with van der Waals surface area (Å²) in [7, 11) is 0. The Morgan fingerprint density at radius 1 is 1.32 bits per heavy atom.